The molecule has 4 aromatic rings. The first-order valence-corrected chi connectivity index (χ1v) is 8.77. The largest absolute Gasteiger partial charge is 0.334 e. The fourth-order valence-corrected chi connectivity index (χ4v) is 2.84. The third-order valence-electron chi connectivity index (χ3n) is 4.00. The van der Waals surface area contributed by atoms with Gasteiger partial charge < -0.3 is 14.4 Å². The van der Waals surface area contributed by atoms with Gasteiger partial charge in [0.05, 0.1) is 0 Å². The molecule has 2 aromatic heterocycles. The van der Waals surface area contributed by atoms with Gasteiger partial charge in [0.15, 0.2) is 0 Å². The minimum absolute atomic E-state index is 0.0114. The number of nitrogens with zero attached hydrogens (tertiary/aromatic N) is 3. The van der Waals surface area contributed by atoms with Gasteiger partial charge in [-0.25, -0.2) is 4.39 Å². The van der Waals surface area contributed by atoms with Crippen LogP contribution in [0.1, 0.15) is 0 Å². The zero-order valence-electron chi connectivity index (χ0n) is 14.5. The van der Waals surface area contributed by atoms with Crippen LogP contribution in [-0.4, -0.2) is 20.6 Å². The fraction of sp³-hybridized carbons (Fsp3) is 0.0500. The lowest BCUT2D eigenvalue weighted by Crippen LogP contribution is -2.18. The van der Waals surface area contributed by atoms with Gasteiger partial charge in [-0.05, 0) is 54.6 Å². The summed E-state index contributed by atoms with van der Waals surface area (Å²) in [5, 5.41) is 7.26. The smallest absolute Gasteiger partial charge is 0.274 e. The predicted octanol–water partition coefficient (Wildman–Crippen LogP) is 4.64. The Hall–Kier alpha value is -3.45. The Morgan fingerprint density at radius 1 is 1.14 bits per heavy atom. The van der Waals surface area contributed by atoms with Gasteiger partial charge in [-0.2, -0.15) is 4.98 Å². The lowest BCUT2D eigenvalue weighted by molar-refractivity contribution is -0.116. The molecule has 140 valence electrons. The Bertz CT molecular complexity index is 1120. The van der Waals surface area contributed by atoms with Gasteiger partial charge in [0.25, 0.3) is 5.89 Å². The number of carbonyl (C=O) groups excluding carboxylic acids is 1. The number of hydrogen-bond donors (Lipinski definition) is 1. The van der Waals surface area contributed by atoms with E-state index in [9.17, 15) is 9.18 Å². The number of anilines is 1. The summed E-state index contributed by atoms with van der Waals surface area (Å²) < 4.78 is 20.3. The molecule has 1 N–H and O–H groups in total. The normalized spacial score (nSPS) is 10.8. The summed E-state index contributed by atoms with van der Waals surface area (Å²) in [6, 6.07) is 16.3. The van der Waals surface area contributed by atoms with E-state index in [-0.39, 0.29) is 18.3 Å². The molecular weight excluding hydrogens is 383 g/mol. The molecule has 0 saturated carbocycles. The number of carbonyl (C=O) groups is 1. The molecule has 6 nitrogen and oxygen atoms in total. The van der Waals surface area contributed by atoms with Gasteiger partial charge in [0.1, 0.15) is 18.1 Å². The Morgan fingerprint density at radius 3 is 2.75 bits per heavy atom. The van der Waals surface area contributed by atoms with Gasteiger partial charge >= 0.3 is 0 Å². The molecular formula is C20H14ClFN4O2. The molecule has 0 atom stereocenters. The van der Waals surface area contributed by atoms with Crippen LogP contribution in [0, 0.1) is 5.82 Å². The zero-order chi connectivity index (χ0) is 19.5. The molecule has 0 fully saturated rings. The molecule has 8 heteroatoms. The summed E-state index contributed by atoms with van der Waals surface area (Å²) in [5.41, 5.74) is 1.75. The topological polar surface area (TPSA) is 73.0 Å². The Morgan fingerprint density at radius 2 is 1.96 bits per heavy atom. The van der Waals surface area contributed by atoms with Gasteiger partial charge in [-0.1, -0.05) is 22.8 Å². The van der Waals surface area contributed by atoms with Gasteiger partial charge in [-0.15, -0.1) is 0 Å². The van der Waals surface area contributed by atoms with E-state index in [0.717, 1.165) is 5.56 Å². The van der Waals surface area contributed by atoms with E-state index in [1.807, 2.05) is 0 Å². The van der Waals surface area contributed by atoms with E-state index in [4.69, 9.17) is 16.1 Å². The molecule has 28 heavy (non-hydrogen) atoms. The van der Waals surface area contributed by atoms with Crippen molar-refractivity contribution >= 4 is 23.2 Å². The van der Waals surface area contributed by atoms with Crippen molar-refractivity contribution in [1.82, 2.24) is 14.7 Å². The lowest BCUT2D eigenvalue weighted by atomic mass is 10.2. The van der Waals surface area contributed by atoms with E-state index in [0.29, 0.717) is 22.2 Å². The summed E-state index contributed by atoms with van der Waals surface area (Å²) in [7, 11) is 0. The molecule has 4 rings (SSSR count). The summed E-state index contributed by atoms with van der Waals surface area (Å²) in [5.74, 6) is -0.0160. The number of rotatable bonds is 5. The third kappa shape index (κ3) is 3.94. The van der Waals surface area contributed by atoms with Crippen molar-refractivity contribution in [3.63, 3.8) is 0 Å². The summed E-state index contributed by atoms with van der Waals surface area (Å²) in [6.45, 7) is 0.0114. The summed E-state index contributed by atoms with van der Waals surface area (Å²) in [6.07, 6.45) is 1.73. The number of amides is 1. The Kier molecular flexibility index (Phi) is 4.90. The highest BCUT2D eigenvalue weighted by Gasteiger charge is 2.15. The van der Waals surface area contributed by atoms with E-state index in [2.05, 4.69) is 15.5 Å². The number of benzene rings is 2. The Balaban J connectivity index is 1.51. The molecule has 0 spiro atoms. The molecule has 0 aliphatic rings. The quantitative estimate of drug-likeness (QED) is 0.533. The first-order chi connectivity index (χ1) is 13.6. The van der Waals surface area contributed by atoms with Crippen molar-refractivity contribution in [1.29, 1.82) is 0 Å². The first-order valence-electron chi connectivity index (χ1n) is 8.39. The van der Waals surface area contributed by atoms with Crippen LogP contribution in [0.4, 0.5) is 10.1 Å². The van der Waals surface area contributed by atoms with Crippen LogP contribution in [0.3, 0.4) is 0 Å². The van der Waals surface area contributed by atoms with Crippen molar-refractivity contribution in [3.05, 3.63) is 77.7 Å². The van der Waals surface area contributed by atoms with E-state index >= 15 is 0 Å². The van der Waals surface area contributed by atoms with Gasteiger partial charge in [0.2, 0.25) is 11.7 Å². The second kappa shape index (κ2) is 7.66. The Labute approximate surface area is 164 Å². The van der Waals surface area contributed by atoms with Crippen molar-refractivity contribution in [2.24, 2.45) is 0 Å². The summed E-state index contributed by atoms with van der Waals surface area (Å²) >= 11 is 5.90. The molecule has 0 aliphatic carbocycles. The van der Waals surface area contributed by atoms with Crippen LogP contribution in [-0.2, 0) is 11.3 Å². The van der Waals surface area contributed by atoms with Crippen molar-refractivity contribution in [2.75, 3.05) is 5.32 Å². The van der Waals surface area contributed by atoms with Crippen LogP contribution in [0.15, 0.2) is 71.4 Å². The fourth-order valence-electron chi connectivity index (χ4n) is 2.71. The number of halogens is 2. The van der Waals surface area contributed by atoms with Gasteiger partial charge in [0, 0.05) is 22.5 Å². The van der Waals surface area contributed by atoms with Crippen LogP contribution < -0.4 is 5.32 Å². The highest BCUT2D eigenvalue weighted by atomic mass is 35.5. The van der Waals surface area contributed by atoms with Crippen molar-refractivity contribution in [3.8, 4) is 23.0 Å². The average molecular weight is 397 g/mol. The number of nitrogens with one attached hydrogen (secondary N) is 1. The second-order valence-corrected chi connectivity index (χ2v) is 6.45. The van der Waals surface area contributed by atoms with Crippen molar-refractivity contribution in [2.45, 2.75) is 6.54 Å². The lowest BCUT2D eigenvalue weighted by Gasteiger charge is -2.08. The maximum atomic E-state index is 13.3. The van der Waals surface area contributed by atoms with Crippen molar-refractivity contribution < 1.29 is 13.7 Å². The average Bonchev–Trinajstić information content (AvgIpc) is 3.31. The monoisotopic (exact) mass is 396 g/mol. The maximum absolute atomic E-state index is 13.3. The minimum Gasteiger partial charge on any atom is -0.334 e. The van der Waals surface area contributed by atoms with Crippen LogP contribution in [0.2, 0.25) is 5.02 Å². The molecule has 0 saturated heterocycles. The molecule has 0 unspecified atom stereocenters. The highest BCUT2D eigenvalue weighted by molar-refractivity contribution is 6.30. The van der Waals surface area contributed by atoms with E-state index in [1.54, 1.807) is 53.2 Å². The SMILES string of the molecule is O=C(Cn1cccc1-c1nc(-c2ccc(Cl)cc2)no1)Nc1cccc(F)c1. The van der Waals surface area contributed by atoms with Crippen LogP contribution >= 0.6 is 11.6 Å². The maximum Gasteiger partial charge on any atom is 0.274 e. The van der Waals surface area contributed by atoms with E-state index < -0.39 is 5.82 Å². The summed E-state index contributed by atoms with van der Waals surface area (Å²) in [4.78, 5) is 16.7. The molecule has 0 bridgehead atoms. The standard InChI is InChI=1S/C20H14ClFN4O2/c21-14-8-6-13(7-9-14)19-24-20(28-25-19)17-5-2-10-26(17)12-18(27)23-16-4-1-3-15(22)11-16/h1-11H,12H2,(H,23,27). The highest BCUT2D eigenvalue weighted by Crippen LogP contribution is 2.24. The minimum atomic E-state index is -0.417. The molecule has 1 amide bonds. The van der Waals surface area contributed by atoms with Crippen LogP contribution in [0.5, 0.6) is 0 Å². The van der Waals surface area contributed by atoms with Crippen LogP contribution in [0.25, 0.3) is 23.0 Å². The zero-order valence-corrected chi connectivity index (χ0v) is 15.2. The van der Waals surface area contributed by atoms with E-state index in [1.165, 1.54) is 18.2 Å². The molecule has 0 radical (unpaired) electrons. The second-order valence-electron chi connectivity index (χ2n) is 6.01. The third-order valence-corrected chi connectivity index (χ3v) is 4.25. The molecule has 2 aromatic carbocycles. The first kappa shape index (κ1) is 17.9. The number of aromatic nitrogens is 3. The number of hydrogen-bond acceptors (Lipinski definition) is 4. The molecule has 0 aliphatic heterocycles. The predicted molar refractivity (Wildman–Crippen MR) is 103 cm³/mol. The van der Waals surface area contributed by atoms with Gasteiger partial charge in [-0.3, -0.25) is 4.79 Å². The molecule has 2 heterocycles.